The van der Waals surface area contributed by atoms with Crippen LogP contribution >= 0.6 is 0 Å². The van der Waals surface area contributed by atoms with Gasteiger partial charge >= 0.3 is 0 Å². The zero-order chi connectivity index (χ0) is 24.9. The van der Waals surface area contributed by atoms with E-state index in [4.69, 9.17) is 19.8 Å². The third-order valence-corrected chi connectivity index (χ3v) is 9.64. The number of hydrogen-bond acceptors (Lipinski definition) is 7. The maximum atomic E-state index is 10.8. The van der Waals surface area contributed by atoms with Gasteiger partial charge in [0.05, 0.1) is 28.8 Å². The van der Waals surface area contributed by atoms with Crippen molar-refractivity contribution in [1.29, 1.82) is 5.26 Å². The number of aromatic nitrogens is 4. The number of nitrogens with zero attached hydrogens (tertiary/aromatic N) is 6. The van der Waals surface area contributed by atoms with Gasteiger partial charge in [0.25, 0.3) is 0 Å². The monoisotopic (exact) mass is 484 g/mol. The highest BCUT2D eigenvalue weighted by Crippen LogP contribution is 2.68. The minimum Gasteiger partial charge on any atom is -0.390 e. The Balaban J connectivity index is 1.28. The number of aliphatic hydroxyl groups is 1. The van der Waals surface area contributed by atoms with E-state index in [0.717, 1.165) is 54.5 Å². The van der Waals surface area contributed by atoms with Crippen LogP contribution in [0.4, 0.5) is 5.82 Å². The normalized spacial score (nSPS) is 27.1. The number of ether oxygens (including phenoxy) is 1. The van der Waals surface area contributed by atoms with Crippen LogP contribution in [0.2, 0.25) is 0 Å². The molecular formula is C28H32N6O2. The first kappa shape index (κ1) is 22.2. The molecule has 2 bridgehead atoms. The molecule has 3 aromatic rings. The molecule has 3 aliphatic carbocycles. The number of nitriles is 1. The van der Waals surface area contributed by atoms with E-state index in [2.05, 4.69) is 29.2 Å². The maximum absolute atomic E-state index is 10.8. The number of benzene rings is 1. The fraction of sp³-hybridized carbons (Fsp3) is 0.571. The van der Waals surface area contributed by atoms with Gasteiger partial charge in [0, 0.05) is 36.6 Å². The van der Waals surface area contributed by atoms with Gasteiger partial charge in [-0.1, -0.05) is 12.1 Å². The first-order valence-corrected chi connectivity index (χ1v) is 12.9. The topological polar surface area (TPSA) is 100 Å². The average Bonchev–Trinajstić information content (AvgIpc) is 3.16. The molecule has 0 radical (unpaired) electrons. The van der Waals surface area contributed by atoms with Gasteiger partial charge in [0.1, 0.15) is 12.4 Å². The molecule has 2 saturated heterocycles. The third kappa shape index (κ3) is 3.02. The van der Waals surface area contributed by atoms with Crippen molar-refractivity contribution < 1.29 is 9.84 Å². The van der Waals surface area contributed by atoms with Crippen LogP contribution < -0.4 is 4.90 Å². The van der Waals surface area contributed by atoms with Crippen LogP contribution in [-0.4, -0.2) is 50.2 Å². The Bertz CT molecular complexity index is 1410. The summed E-state index contributed by atoms with van der Waals surface area (Å²) in [5, 5.41) is 26.6. The highest BCUT2D eigenvalue weighted by atomic mass is 16.5. The molecule has 186 valence electrons. The predicted octanol–water partition coefficient (Wildman–Crippen LogP) is 4.04. The van der Waals surface area contributed by atoms with Crippen LogP contribution in [0.25, 0.3) is 16.7 Å². The number of rotatable bonds is 6. The second kappa shape index (κ2) is 7.05. The summed E-state index contributed by atoms with van der Waals surface area (Å²) < 4.78 is 7.26. The summed E-state index contributed by atoms with van der Waals surface area (Å²) in [5.74, 6) is 2.15. The lowest BCUT2D eigenvalue weighted by Crippen LogP contribution is -2.50. The van der Waals surface area contributed by atoms with Gasteiger partial charge in [-0.25, -0.2) is 14.6 Å². The first-order valence-electron chi connectivity index (χ1n) is 12.9. The van der Waals surface area contributed by atoms with Crippen molar-refractivity contribution in [1.82, 2.24) is 19.7 Å². The molecule has 36 heavy (non-hydrogen) atoms. The fourth-order valence-electron chi connectivity index (χ4n) is 7.13. The summed E-state index contributed by atoms with van der Waals surface area (Å²) in [6.07, 6.45) is 8.25. The van der Waals surface area contributed by atoms with Crippen molar-refractivity contribution >= 4 is 16.7 Å². The molecule has 0 atom stereocenters. The molecule has 3 saturated carbocycles. The van der Waals surface area contributed by atoms with Crippen LogP contribution in [0.15, 0.2) is 30.5 Å². The number of anilines is 1. The molecule has 1 spiro atoms. The van der Waals surface area contributed by atoms with E-state index < -0.39 is 5.60 Å². The summed E-state index contributed by atoms with van der Waals surface area (Å²) in [4.78, 5) is 11.9. The Kier molecular flexibility index (Phi) is 4.35. The van der Waals surface area contributed by atoms with Gasteiger partial charge in [-0.15, -0.1) is 0 Å². The van der Waals surface area contributed by atoms with Gasteiger partial charge in [-0.05, 0) is 69.4 Å². The first-order chi connectivity index (χ1) is 17.2. The Hall–Kier alpha value is -3.02. The van der Waals surface area contributed by atoms with Crippen molar-refractivity contribution in [2.45, 2.75) is 76.0 Å². The van der Waals surface area contributed by atoms with E-state index in [1.54, 1.807) is 7.11 Å². The molecule has 8 nitrogen and oxygen atoms in total. The van der Waals surface area contributed by atoms with Crippen molar-refractivity contribution in [2.75, 3.05) is 18.6 Å². The van der Waals surface area contributed by atoms with E-state index in [1.165, 1.54) is 12.8 Å². The Labute approximate surface area is 210 Å². The molecule has 5 fully saturated rings. The molecule has 0 amide bonds. The second-order valence-electron chi connectivity index (χ2n) is 12.3. The van der Waals surface area contributed by atoms with Crippen molar-refractivity contribution in [2.24, 2.45) is 10.8 Å². The minimum atomic E-state index is -0.727. The zero-order valence-electron chi connectivity index (χ0n) is 21.2. The molecular weight excluding hydrogens is 452 g/mol. The standard InChI is InChI=1S/C28H32N6O2/c1-25(2,35)28-10-20(11-28)33(17-28)23-9-24(32-22(31-23)13-36-3)34-21-8-19(5-4-18(21)12-30-34)27(16-29)14-26(15-27)6-7-26/h4-5,8-9,12,20,35H,6-7,10-11,13-15,17H2,1-3H3. The van der Waals surface area contributed by atoms with Crippen LogP contribution in [0.3, 0.4) is 0 Å². The van der Waals surface area contributed by atoms with E-state index >= 15 is 0 Å². The summed E-state index contributed by atoms with van der Waals surface area (Å²) in [7, 11) is 1.65. The zero-order valence-corrected chi connectivity index (χ0v) is 21.2. The Morgan fingerprint density at radius 2 is 1.92 bits per heavy atom. The highest BCUT2D eigenvalue weighted by Gasteiger charge is 2.63. The molecule has 1 N–H and O–H groups in total. The summed E-state index contributed by atoms with van der Waals surface area (Å²) in [5.41, 5.74) is 1.25. The van der Waals surface area contributed by atoms with Crippen LogP contribution in [0.5, 0.6) is 0 Å². The number of hydrogen-bond donors (Lipinski definition) is 1. The molecule has 0 unspecified atom stereocenters. The van der Waals surface area contributed by atoms with E-state index in [9.17, 15) is 10.4 Å². The SMILES string of the molecule is COCc1nc(N2CC3(C(C)(C)O)CC2C3)cc(-n2ncc3ccc(C4(C#N)CC5(CC5)C4)cc32)n1. The van der Waals surface area contributed by atoms with Crippen LogP contribution in [0.1, 0.15) is 63.8 Å². The van der Waals surface area contributed by atoms with E-state index in [-0.39, 0.29) is 10.8 Å². The van der Waals surface area contributed by atoms with E-state index in [1.807, 2.05) is 30.8 Å². The van der Waals surface area contributed by atoms with Gasteiger partial charge in [0.2, 0.25) is 0 Å². The molecule has 2 aliphatic heterocycles. The number of methoxy groups -OCH3 is 1. The molecule has 5 aliphatic rings. The van der Waals surface area contributed by atoms with Crippen molar-refractivity contribution in [3.63, 3.8) is 0 Å². The fourth-order valence-corrected chi connectivity index (χ4v) is 7.13. The summed E-state index contributed by atoms with van der Waals surface area (Å²) in [6, 6.07) is 11.3. The Morgan fingerprint density at radius 1 is 1.17 bits per heavy atom. The molecule has 2 aromatic heterocycles. The molecule has 8 rings (SSSR count). The summed E-state index contributed by atoms with van der Waals surface area (Å²) in [6.45, 7) is 4.92. The lowest BCUT2D eigenvalue weighted by molar-refractivity contribution is -0.0754. The van der Waals surface area contributed by atoms with Crippen LogP contribution in [0, 0.1) is 22.2 Å². The lowest BCUT2D eigenvalue weighted by atomic mass is 9.57. The molecule has 4 heterocycles. The smallest absolute Gasteiger partial charge is 0.159 e. The van der Waals surface area contributed by atoms with Gasteiger partial charge in [-0.3, -0.25) is 0 Å². The minimum absolute atomic E-state index is 0.0925. The summed E-state index contributed by atoms with van der Waals surface area (Å²) >= 11 is 0. The Morgan fingerprint density at radius 3 is 2.56 bits per heavy atom. The third-order valence-electron chi connectivity index (χ3n) is 9.64. The highest BCUT2D eigenvalue weighted by molar-refractivity contribution is 5.81. The van der Waals surface area contributed by atoms with Gasteiger partial charge in [-0.2, -0.15) is 10.4 Å². The average molecular weight is 485 g/mol. The maximum Gasteiger partial charge on any atom is 0.159 e. The van der Waals surface area contributed by atoms with Gasteiger partial charge < -0.3 is 14.7 Å². The van der Waals surface area contributed by atoms with Crippen LogP contribution in [-0.2, 0) is 16.8 Å². The quantitative estimate of drug-likeness (QED) is 0.564. The number of fused-ring (bicyclic) bond motifs is 2. The largest absolute Gasteiger partial charge is 0.390 e. The van der Waals surface area contributed by atoms with Crippen molar-refractivity contribution in [3.8, 4) is 11.9 Å². The molecule has 8 heteroatoms. The lowest BCUT2D eigenvalue weighted by Gasteiger charge is -2.45. The predicted molar refractivity (Wildman–Crippen MR) is 135 cm³/mol. The second-order valence-corrected chi connectivity index (χ2v) is 12.3. The van der Waals surface area contributed by atoms with E-state index in [0.29, 0.717) is 29.7 Å². The molecule has 1 aromatic carbocycles. The van der Waals surface area contributed by atoms with Gasteiger partial charge in [0.15, 0.2) is 11.6 Å². The van der Waals surface area contributed by atoms with Crippen molar-refractivity contribution in [3.05, 3.63) is 41.9 Å².